The number of nitrogens with one attached hydrogen (secondary N) is 2. The standard InChI is InChI=1S/C26H24ClN3O2S/c1-15-4-11-19(12-5-15)30-25(33)29-23-20-14-16(2)6-13-21(20)32-26(30,3)22(23)24(31)28-18-9-7-17(27)8-10-18/h4-14,22-23H,1-3H3,(H,28,31)(H,29,33)/t22-,23+,26+/m0/s1. The first-order valence-corrected chi connectivity index (χ1v) is 11.6. The van der Waals surface area contributed by atoms with Crippen molar-refractivity contribution >= 4 is 46.2 Å². The molecule has 2 N–H and O–H groups in total. The number of hydrogen-bond donors (Lipinski definition) is 2. The lowest BCUT2D eigenvalue weighted by atomic mass is 9.78. The van der Waals surface area contributed by atoms with E-state index in [2.05, 4.69) is 16.7 Å². The van der Waals surface area contributed by atoms with E-state index in [4.69, 9.17) is 28.6 Å². The monoisotopic (exact) mass is 477 g/mol. The SMILES string of the molecule is Cc1ccc(N2C(=S)N[C@@H]3c4cc(C)ccc4O[C@]2(C)[C@@H]3C(=O)Nc2ccc(Cl)cc2)cc1. The average molecular weight is 478 g/mol. The summed E-state index contributed by atoms with van der Waals surface area (Å²) in [6.45, 7) is 5.99. The summed E-state index contributed by atoms with van der Waals surface area (Å²) in [7, 11) is 0. The molecule has 33 heavy (non-hydrogen) atoms. The van der Waals surface area contributed by atoms with Crippen LogP contribution in [0.3, 0.4) is 0 Å². The Morgan fingerprint density at radius 1 is 1.06 bits per heavy atom. The molecule has 0 aromatic heterocycles. The highest BCUT2D eigenvalue weighted by Crippen LogP contribution is 2.50. The highest BCUT2D eigenvalue weighted by Gasteiger charge is 2.59. The van der Waals surface area contributed by atoms with Gasteiger partial charge in [-0.15, -0.1) is 0 Å². The molecule has 1 saturated heterocycles. The Hall–Kier alpha value is -3.09. The lowest BCUT2D eigenvalue weighted by molar-refractivity contribution is -0.130. The van der Waals surface area contributed by atoms with Crippen LogP contribution in [0.5, 0.6) is 5.75 Å². The molecule has 3 aromatic carbocycles. The number of hydrogen-bond acceptors (Lipinski definition) is 3. The van der Waals surface area contributed by atoms with Crippen molar-refractivity contribution in [2.45, 2.75) is 32.5 Å². The predicted octanol–water partition coefficient (Wildman–Crippen LogP) is 5.76. The van der Waals surface area contributed by atoms with Crippen LogP contribution in [0.15, 0.2) is 66.7 Å². The molecule has 3 atom stereocenters. The van der Waals surface area contributed by atoms with Crippen LogP contribution in [-0.4, -0.2) is 16.7 Å². The molecule has 2 heterocycles. The van der Waals surface area contributed by atoms with Gasteiger partial charge < -0.3 is 15.4 Å². The summed E-state index contributed by atoms with van der Waals surface area (Å²) in [6.07, 6.45) is 0. The molecule has 3 aromatic rings. The molecule has 1 amide bonds. The Balaban J connectivity index is 1.62. The number of anilines is 2. The van der Waals surface area contributed by atoms with E-state index >= 15 is 0 Å². The van der Waals surface area contributed by atoms with Crippen molar-refractivity contribution in [3.05, 3.63) is 88.4 Å². The fraction of sp³-hybridized carbons (Fsp3) is 0.231. The summed E-state index contributed by atoms with van der Waals surface area (Å²) in [6, 6.07) is 20.8. The highest BCUT2D eigenvalue weighted by molar-refractivity contribution is 7.80. The van der Waals surface area contributed by atoms with E-state index in [9.17, 15) is 4.79 Å². The molecule has 7 heteroatoms. The van der Waals surface area contributed by atoms with Crippen LogP contribution in [-0.2, 0) is 4.79 Å². The van der Waals surface area contributed by atoms with Crippen LogP contribution in [0.25, 0.3) is 0 Å². The lowest BCUT2D eigenvalue weighted by Gasteiger charge is -2.56. The van der Waals surface area contributed by atoms with Crippen molar-refractivity contribution < 1.29 is 9.53 Å². The molecule has 0 aliphatic carbocycles. The number of amides is 1. The first-order chi connectivity index (χ1) is 15.8. The quantitative estimate of drug-likeness (QED) is 0.470. The van der Waals surface area contributed by atoms with Crippen LogP contribution in [0.1, 0.15) is 29.7 Å². The van der Waals surface area contributed by atoms with Gasteiger partial charge in [0, 0.05) is 22.0 Å². The van der Waals surface area contributed by atoms with Crippen LogP contribution in [0.2, 0.25) is 5.02 Å². The van der Waals surface area contributed by atoms with Crippen molar-refractivity contribution in [2.75, 3.05) is 10.2 Å². The zero-order chi connectivity index (χ0) is 23.3. The molecule has 0 unspecified atom stereocenters. The molecule has 5 nitrogen and oxygen atoms in total. The van der Waals surface area contributed by atoms with E-state index in [0.29, 0.717) is 15.8 Å². The van der Waals surface area contributed by atoms with Gasteiger partial charge in [0.2, 0.25) is 5.91 Å². The van der Waals surface area contributed by atoms with Crippen molar-refractivity contribution in [1.29, 1.82) is 0 Å². The van der Waals surface area contributed by atoms with E-state index in [-0.39, 0.29) is 11.9 Å². The summed E-state index contributed by atoms with van der Waals surface area (Å²) >= 11 is 11.8. The van der Waals surface area contributed by atoms with Gasteiger partial charge >= 0.3 is 0 Å². The van der Waals surface area contributed by atoms with Crippen molar-refractivity contribution in [2.24, 2.45) is 5.92 Å². The second-order valence-electron chi connectivity index (χ2n) is 8.77. The number of benzene rings is 3. The molecule has 0 spiro atoms. The maximum atomic E-state index is 13.8. The first kappa shape index (κ1) is 21.7. The molecule has 2 aliphatic heterocycles. The number of fused-ring (bicyclic) bond motifs is 4. The zero-order valence-electron chi connectivity index (χ0n) is 18.6. The van der Waals surface area contributed by atoms with Crippen molar-refractivity contribution in [3.8, 4) is 5.75 Å². The van der Waals surface area contributed by atoms with Gasteiger partial charge in [0.25, 0.3) is 0 Å². The largest absolute Gasteiger partial charge is 0.467 e. The number of carbonyl (C=O) groups excluding carboxylic acids is 1. The third kappa shape index (κ3) is 3.73. The van der Waals surface area contributed by atoms with Gasteiger partial charge in [0.05, 0.1) is 6.04 Å². The fourth-order valence-electron chi connectivity index (χ4n) is 4.74. The molecular formula is C26H24ClN3O2S. The van der Waals surface area contributed by atoms with Crippen LogP contribution in [0, 0.1) is 19.8 Å². The number of rotatable bonds is 3. The maximum Gasteiger partial charge on any atom is 0.236 e. The topological polar surface area (TPSA) is 53.6 Å². The fourth-order valence-corrected chi connectivity index (χ4v) is 5.28. The minimum atomic E-state index is -1.04. The molecule has 0 saturated carbocycles. The Kier molecular flexibility index (Phi) is 5.30. The van der Waals surface area contributed by atoms with Gasteiger partial charge in [-0.3, -0.25) is 9.69 Å². The Morgan fingerprint density at radius 2 is 1.73 bits per heavy atom. The Labute approximate surface area is 203 Å². The van der Waals surface area contributed by atoms with E-state index in [1.165, 1.54) is 0 Å². The molecule has 5 rings (SSSR count). The normalized spacial score (nSPS) is 23.3. The van der Waals surface area contributed by atoms with Gasteiger partial charge in [-0.2, -0.15) is 0 Å². The van der Waals surface area contributed by atoms with Crippen molar-refractivity contribution in [3.63, 3.8) is 0 Å². The molecule has 0 radical (unpaired) electrons. The predicted molar refractivity (Wildman–Crippen MR) is 136 cm³/mol. The number of nitrogens with zero attached hydrogens (tertiary/aromatic N) is 1. The Morgan fingerprint density at radius 3 is 2.42 bits per heavy atom. The molecule has 168 valence electrons. The zero-order valence-corrected chi connectivity index (χ0v) is 20.1. The number of thiocarbonyl (C=S) groups is 1. The smallest absolute Gasteiger partial charge is 0.236 e. The van der Waals surface area contributed by atoms with Gasteiger partial charge in [-0.25, -0.2) is 0 Å². The van der Waals surface area contributed by atoms with Gasteiger partial charge in [-0.1, -0.05) is 47.0 Å². The summed E-state index contributed by atoms with van der Waals surface area (Å²) < 4.78 is 6.62. The molecule has 2 aliphatic rings. The van der Waals surface area contributed by atoms with Crippen LogP contribution >= 0.6 is 23.8 Å². The number of carbonyl (C=O) groups is 1. The van der Waals surface area contributed by atoms with Crippen LogP contribution < -0.4 is 20.3 Å². The van der Waals surface area contributed by atoms with E-state index in [0.717, 1.165) is 28.1 Å². The highest BCUT2D eigenvalue weighted by atomic mass is 35.5. The van der Waals surface area contributed by atoms with Gasteiger partial charge in [0.15, 0.2) is 10.8 Å². The third-order valence-corrected chi connectivity index (χ3v) is 6.89. The second kappa shape index (κ2) is 8.04. The lowest BCUT2D eigenvalue weighted by Crippen LogP contribution is -2.72. The molecule has 1 fully saturated rings. The van der Waals surface area contributed by atoms with E-state index in [1.54, 1.807) is 24.3 Å². The Bertz CT molecular complexity index is 1250. The molecular weight excluding hydrogens is 454 g/mol. The summed E-state index contributed by atoms with van der Waals surface area (Å²) in [5.74, 6) is -0.00433. The second-order valence-corrected chi connectivity index (χ2v) is 9.59. The average Bonchev–Trinajstić information content (AvgIpc) is 2.77. The maximum absolute atomic E-state index is 13.8. The minimum absolute atomic E-state index is 0.163. The number of aryl methyl sites for hydroxylation is 2. The molecule has 2 bridgehead atoms. The first-order valence-electron chi connectivity index (χ1n) is 10.8. The van der Waals surface area contributed by atoms with Crippen molar-refractivity contribution in [1.82, 2.24) is 5.32 Å². The van der Waals surface area contributed by atoms with Gasteiger partial charge in [0.1, 0.15) is 11.7 Å². The minimum Gasteiger partial charge on any atom is -0.467 e. The summed E-state index contributed by atoms with van der Waals surface area (Å²) in [5.41, 5.74) is 3.65. The van der Waals surface area contributed by atoms with Gasteiger partial charge in [-0.05, 0) is 75.5 Å². The number of halogens is 1. The number of ether oxygens (including phenoxy) is 1. The summed E-state index contributed by atoms with van der Waals surface area (Å²) in [5, 5.41) is 7.62. The third-order valence-electron chi connectivity index (χ3n) is 6.34. The van der Waals surface area contributed by atoms with Crippen LogP contribution in [0.4, 0.5) is 11.4 Å². The summed E-state index contributed by atoms with van der Waals surface area (Å²) in [4.78, 5) is 15.7. The van der Waals surface area contributed by atoms with E-state index < -0.39 is 11.6 Å². The van der Waals surface area contributed by atoms with E-state index in [1.807, 2.05) is 62.1 Å².